The minimum Gasteiger partial charge on any atom is -0.494 e. The van der Waals surface area contributed by atoms with Crippen molar-refractivity contribution in [1.82, 2.24) is 9.55 Å². The second kappa shape index (κ2) is 10.5. The van der Waals surface area contributed by atoms with E-state index in [-0.39, 0.29) is 12.4 Å². The summed E-state index contributed by atoms with van der Waals surface area (Å²) in [6, 6.07) is 27.6. The predicted molar refractivity (Wildman–Crippen MR) is 143 cm³/mol. The summed E-state index contributed by atoms with van der Waals surface area (Å²) < 4.78 is 13.3. The lowest BCUT2D eigenvalue weighted by Gasteiger charge is -2.20. The van der Waals surface area contributed by atoms with Crippen LogP contribution in [0.1, 0.15) is 13.8 Å². The van der Waals surface area contributed by atoms with Crippen molar-refractivity contribution in [1.29, 1.82) is 5.41 Å². The van der Waals surface area contributed by atoms with Gasteiger partial charge in [-0.05, 0) is 86.6 Å². The van der Waals surface area contributed by atoms with Crippen molar-refractivity contribution >= 4 is 34.8 Å². The maximum atomic E-state index is 8.72. The van der Waals surface area contributed by atoms with Crippen LogP contribution in [0.25, 0.3) is 28.1 Å². The summed E-state index contributed by atoms with van der Waals surface area (Å²) in [5.74, 6) is 1.65. The second-order valence-corrected chi connectivity index (χ2v) is 7.83. The molecular weight excluding hydrogens is 460 g/mol. The van der Waals surface area contributed by atoms with E-state index in [2.05, 4.69) is 9.88 Å². The number of rotatable bonds is 7. The third-order valence-electron chi connectivity index (χ3n) is 5.57. The van der Waals surface area contributed by atoms with Gasteiger partial charge in [0.25, 0.3) is 0 Å². The number of hydrogen-bond acceptors (Lipinski definition) is 5. The number of para-hydroxylation sites is 2. The van der Waals surface area contributed by atoms with E-state index < -0.39 is 0 Å². The van der Waals surface area contributed by atoms with E-state index in [0.717, 1.165) is 45.3 Å². The summed E-state index contributed by atoms with van der Waals surface area (Å²) in [7, 11) is 0. The smallest absolute Gasteiger partial charge is 0.119 e. The van der Waals surface area contributed by atoms with Gasteiger partial charge >= 0.3 is 0 Å². The molecule has 0 radical (unpaired) electrons. The molecule has 0 atom stereocenters. The first kappa shape index (κ1) is 24.1. The number of benzene rings is 4. The molecule has 0 saturated carbocycles. The minimum atomic E-state index is 0. The molecule has 0 amide bonds. The lowest BCUT2D eigenvalue weighted by molar-refractivity contribution is 0.340. The summed E-state index contributed by atoms with van der Waals surface area (Å²) in [6.45, 7) is 5.19. The first-order chi connectivity index (χ1) is 16.7. The summed E-state index contributed by atoms with van der Waals surface area (Å²) >= 11 is 0. The Balaban J connectivity index is 0.00000289. The van der Waals surface area contributed by atoms with Crippen LogP contribution in [-0.2, 0) is 0 Å². The van der Waals surface area contributed by atoms with Gasteiger partial charge in [0.05, 0.1) is 46.7 Å². The Kier molecular flexibility index (Phi) is 7.22. The van der Waals surface area contributed by atoms with Gasteiger partial charge in [0.2, 0.25) is 0 Å². The highest BCUT2D eigenvalue weighted by Crippen LogP contribution is 2.31. The highest BCUT2D eigenvalue weighted by atomic mass is 35.5. The van der Waals surface area contributed by atoms with Crippen molar-refractivity contribution in [3.05, 3.63) is 90.3 Å². The van der Waals surface area contributed by atoms with Gasteiger partial charge in [-0.25, -0.2) is 4.98 Å². The largest absolute Gasteiger partial charge is 0.494 e. The molecule has 1 aliphatic heterocycles. The lowest BCUT2D eigenvalue weighted by Crippen LogP contribution is -2.13. The monoisotopic (exact) mass is 486 g/mol. The molecule has 2 N–H and O–H groups in total. The first-order valence-electron chi connectivity index (χ1n) is 11.4. The summed E-state index contributed by atoms with van der Waals surface area (Å²) in [5, 5.41) is 12.5. The average molecular weight is 487 g/mol. The SMILES string of the molecule is CCOc1ccc(Nc2cc3nc4ccccc4n(-c4ccc(OCC)cc4)c-3cc2=N)cc1.Cl. The Hall–Kier alpha value is -4.03. The van der Waals surface area contributed by atoms with E-state index in [4.69, 9.17) is 19.9 Å². The molecule has 2 aliphatic rings. The number of halogens is 1. The molecule has 0 spiro atoms. The van der Waals surface area contributed by atoms with Crippen LogP contribution in [0.5, 0.6) is 11.5 Å². The number of nitrogens with zero attached hydrogens (tertiary/aromatic N) is 2. The molecule has 6 nitrogen and oxygen atoms in total. The summed E-state index contributed by atoms with van der Waals surface area (Å²) in [6.07, 6.45) is 0. The van der Waals surface area contributed by atoms with Crippen molar-refractivity contribution in [3.63, 3.8) is 0 Å². The lowest BCUT2D eigenvalue weighted by atomic mass is 10.1. The van der Waals surface area contributed by atoms with E-state index in [1.165, 1.54) is 0 Å². The quantitative estimate of drug-likeness (QED) is 0.255. The van der Waals surface area contributed by atoms with Gasteiger partial charge in [0.1, 0.15) is 11.5 Å². The molecular formula is C28H27ClN4O2. The van der Waals surface area contributed by atoms with Crippen molar-refractivity contribution in [3.8, 4) is 28.6 Å². The molecule has 7 heteroatoms. The predicted octanol–water partition coefficient (Wildman–Crippen LogP) is 6.57. The number of ether oxygens (including phenoxy) is 2. The summed E-state index contributed by atoms with van der Waals surface area (Å²) in [4.78, 5) is 4.90. The Labute approximate surface area is 210 Å². The number of hydrogen-bond donors (Lipinski definition) is 2. The van der Waals surface area contributed by atoms with Crippen molar-refractivity contribution in [2.24, 2.45) is 0 Å². The first-order valence-corrected chi connectivity index (χ1v) is 11.4. The zero-order valence-electron chi connectivity index (χ0n) is 19.6. The molecule has 0 unspecified atom stereocenters. The Morgan fingerprint density at radius 3 is 2.11 bits per heavy atom. The number of aromatic nitrogens is 2. The highest BCUT2D eigenvalue weighted by Gasteiger charge is 2.16. The van der Waals surface area contributed by atoms with Gasteiger partial charge in [-0.2, -0.15) is 0 Å². The topological polar surface area (TPSA) is 72.2 Å². The van der Waals surface area contributed by atoms with Gasteiger partial charge in [0.15, 0.2) is 0 Å². The molecule has 0 saturated heterocycles. The Morgan fingerprint density at radius 2 is 1.46 bits per heavy atom. The highest BCUT2D eigenvalue weighted by molar-refractivity contribution is 5.85. The maximum absolute atomic E-state index is 8.72. The third kappa shape index (κ3) is 4.93. The molecule has 3 aromatic rings. The van der Waals surface area contributed by atoms with Gasteiger partial charge in [-0.15, -0.1) is 12.4 Å². The molecule has 0 fully saturated rings. The molecule has 0 aromatic heterocycles. The van der Waals surface area contributed by atoms with Crippen molar-refractivity contribution in [2.75, 3.05) is 18.5 Å². The van der Waals surface area contributed by atoms with Crippen LogP contribution in [-0.4, -0.2) is 22.8 Å². The van der Waals surface area contributed by atoms with Crippen molar-refractivity contribution < 1.29 is 9.47 Å². The van der Waals surface area contributed by atoms with Gasteiger partial charge in [-0.1, -0.05) is 12.1 Å². The molecule has 1 heterocycles. The van der Waals surface area contributed by atoms with Crippen LogP contribution in [0.15, 0.2) is 84.9 Å². The van der Waals surface area contributed by atoms with Gasteiger partial charge < -0.3 is 19.4 Å². The van der Waals surface area contributed by atoms with E-state index in [9.17, 15) is 0 Å². The third-order valence-corrected chi connectivity index (χ3v) is 5.57. The average Bonchev–Trinajstić information content (AvgIpc) is 2.85. The van der Waals surface area contributed by atoms with Crippen LogP contribution < -0.4 is 20.1 Å². The molecule has 3 aromatic carbocycles. The number of nitrogens with one attached hydrogen (secondary N) is 2. The fourth-order valence-corrected chi connectivity index (χ4v) is 4.05. The van der Waals surface area contributed by atoms with E-state index >= 15 is 0 Å². The maximum Gasteiger partial charge on any atom is 0.119 e. The second-order valence-electron chi connectivity index (χ2n) is 7.83. The van der Waals surface area contributed by atoms with Crippen molar-refractivity contribution in [2.45, 2.75) is 13.8 Å². The number of fused-ring (bicyclic) bond motifs is 2. The zero-order valence-corrected chi connectivity index (χ0v) is 20.4. The molecule has 35 heavy (non-hydrogen) atoms. The summed E-state index contributed by atoms with van der Waals surface area (Å²) in [5.41, 5.74) is 6.09. The van der Waals surface area contributed by atoms with Gasteiger partial charge in [0, 0.05) is 11.4 Å². The van der Waals surface area contributed by atoms with Crippen LogP contribution in [0.2, 0.25) is 0 Å². The van der Waals surface area contributed by atoms with E-state index in [1.807, 2.05) is 98.8 Å². The van der Waals surface area contributed by atoms with Crippen LogP contribution >= 0.6 is 12.4 Å². The minimum absolute atomic E-state index is 0. The van der Waals surface area contributed by atoms with E-state index in [1.54, 1.807) is 0 Å². The molecule has 178 valence electrons. The zero-order chi connectivity index (χ0) is 23.5. The Bertz CT molecular complexity index is 1460. The molecule has 1 aliphatic carbocycles. The Morgan fingerprint density at radius 1 is 0.829 bits per heavy atom. The normalized spacial score (nSPS) is 10.7. The molecule has 5 rings (SSSR count). The van der Waals surface area contributed by atoms with Gasteiger partial charge in [-0.3, -0.25) is 5.41 Å². The number of anilines is 2. The fourth-order valence-electron chi connectivity index (χ4n) is 4.05. The molecule has 0 bridgehead atoms. The van der Waals surface area contributed by atoms with Crippen LogP contribution in [0.4, 0.5) is 11.4 Å². The standard InChI is InChI=1S/C28H26N4O2.ClH/c1-3-33-21-13-9-19(10-14-21)30-25-18-26-28(17-23(25)29)32(27-8-6-5-7-24(27)31-26)20-11-15-22(16-12-20)34-4-2;/h5-18,29-30H,3-4H2,1-2H3;1H. The van der Waals surface area contributed by atoms with Crippen LogP contribution in [0, 0.1) is 5.41 Å². The van der Waals surface area contributed by atoms with Crippen LogP contribution in [0.3, 0.4) is 0 Å². The fraction of sp³-hybridized carbons (Fsp3) is 0.143. The van der Waals surface area contributed by atoms with E-state index in [0.29, 0.717) is 24.3 Å².